The van der Waals surface area contributed by atoms with Crippen LogP contribution in [-0.4, -0.2) is 11.3 Å². The summed E-state index contributed by atoms with van der Waals surface area (Å²) in [4.78, 5) is 9.46. The van der Waals surface area contributed by atoms with Crippen molar-refractivity contribution in [1.82, 2.24) is 0 Å². The van der Waals surface area contributed by atoms with Crippen LogP contribution in [0.1, 0.15) is 6.92 Å². The van der Waals surface area contributed by atoms with Crippen LogP contribution >= 0.6 is 11.6 Å². The molecular formula is C3H4ClCsO2. The first-order chi connectivity index (χ1) is 2.64. The number of rotatable bonds is 1. The molecule has 0 radical (unpaired) electrons. The van der Waals surface area contributed by atoms with Gasteiger partial charge in [0.15, 0.2) is 0 Å². The van der Waals surface area contributed by atoms with Crippen LogP contribution in [0.25, 0.3) is 0 Å². The summed E-state index contributed by atoms with van der Waals surface area (Å²) in [5.74, 6) is -1.23. The topological polar surface area (TPSA) is 40.1 Å². The number of carboxylic acids is 1. The average Bonchev–Trinajstić information content (AvgIpc) is 1.36. The molecule has 0 aromatic carbocycles. The van der Waals surface area contributed by atoms with E-state index in [1.54, 1.807) is 0 Å². The number of alkyl halides is 1. The second kappa shape index (κ2) is 5.94. The van der Waals surface area contributed by atoms with E-state index in [0.29, 0.717) is 0 Å². The maximum absolute atomic E-state index is 9.46. The van der Waals surface area contributed by atoms with Crippen molar-refractivity contribution in [3.63, 3.8) is 0 Å². The molecule has 0 aromatic heterocycles. The Kier molecular flexibility index (Phi) is 9.83. The van der Waals surface area contributed by atoms with E-state index in [-0.39, 0.29) is 68.9 Å². The Hall–Kier alpha value is 1.81. The van der Waals surface area contributed by atoms with Crippen molar-refractivity contribution in [2.24, 2.45) is 0 Å². The summed E-state index contributed by atoms with van der Waals surface area (Å²) in [6.45, 7) is 1.34. The van der Waals surface area contributed by atoms with E-state index in [0.717, 1.165) is 0 Å². The third-order valence-corrected chi connectivity index (χ3v) is 0.503. The molecule has 1 atom stereocenters. The number of carboxylic acid groups (broad SMARTS) is 1. The summed E-state index contributed by atoms with van der Waals surface area (Å²) >= 11 is 4.95. The second-order valence-corrected chi connectivity index (χ2v) is 1.59. The smallest absolute Gasteiger partial charge is 0.549 e. The van der Waals surface area contributed by atoms with E-state index >= 15 is 0 Å². The molecule has 0 N–H and O–H groups in total. The molecule has 0 aliphatic carbocycles. The Balaban J connectivity index is 0. The molecule has 1 unspecified atom stereocenters. The zero-order chi connectivity index (χ0) is 5.15. The molecule has 0 bridgehead atoms. The Bertz CT molecular complexity index is 64.0. The number of aliphatic carboxylic acids is 1. The van der Waals surface area contributed by atoms with Crippen molar-refractivity contribution in [2.75, 3.05) is 0 Å². The van der Waals surface area contributed by atoms with Gasteiger partial charge in [-0.2, -0.15) is 0 Å². The van der Waals surface area contributed by atoms with Crippen LogP contribution in [0.15, 0.2) is 0 Å². The fourth-order valence-electron chi connectivity index (χ4n) is 0. The first-order valence-corrected chi connectivity index (χ1v) is 1.93. The summed E-state index contributed by atoms with van der Waals surface area (Å²) in [7, 11) is 0. The number of carbonyl (C=O) groups is 1. The zero-order valence-electron chi connectivity index (χ0n) is 4.27. The normalized spacial score (nSPS) is 11.7. The summed E-state index contributed by atoms with van der Waals surface area (Å²) in [6.07, 6.45) is 0. The fraction of sp³-hybridized carbons (Fsp3) is 0.667. The predicted octanol–water partition coefficient (Wildman–Crippen LogP) is -3.63. The molecule has 0 aliphatic rings. The Labute approximate surface area is 106 Å². The molecule has 2 nitrogen and oxygen atoms in total. The molecule has 0 rings (SSSR count). The third kappa shape index (κ3) is 7.81. The van der Waals surface area contributed by atoms with E-state index in [2.05, 4.69) is 0 Å². The van der Waals surface area contributed by atoms with Gasteiger partial charge in [0.1, 0.15) is 0 Å². The molecule has 4 heteroatoms. The van der Waals surface area contributed by atoms with Gasteiger partial charge in [0.05, 0.1) is 11.3 Å². The van der Waals surface area contributed by atoms with E-state index < -0.39 is 11.3 Å². The van der Waals surface area contributed by atoms with Crippen LogP contribution in [0.2, 0.25) is 0 Å². The van der Waals surface area contributed by atoms with Gasteiger partial charge in [0, 0.05) is 0 Å². The van der Waals surface area contributed by atoms with Crippen molar-refractivity contribution >= 4 is 17.6 Å². The number of carbonyl (C=O) groups excluding carboxylic acids is 1. The van der Waals surface area contributed by atoms with Crippen molar-refractivity contribution in [3.05, 3.63) is 0 Å². The van der Waals surface area contributed by atoms with Gasteiger partial charge < -0.3 is 9.90 Å². The van der Waals surface area contributed by atoms with Crippen molar-refractivity contribution in [3.8, 4) is 0 Å². The van der Waals surface area contributed by atoms with E-state index in [1.165, 1.54) is 6.92 Å². The minimum atomic E-state index is -1.23. The van der Waals surface area contributed by atoms with Crippen LogP contribution in [0, 0.1) is 0 Å². The standard InChI is InChI=1S/C3H5ClO2.Cs/c1-2(4)3(5)6;/h2H,1H3,(H,5,6);/q;+1/p-1. The van der Waals surface area contributed by atoms with Crippen molar-refractivity contribution in [2.45, 2.75) is 12.3 Å². The van der Waals surface area contributed by atoms with Crippen molar-refractivity contribution in [1.29, 1.82) is 0 Å². The van der Waals surface area contributed by atoms with Crippen LogP contribution in [0.5, 0.6) is 0 Å². The largest absolute Gasteiger partial charge is 1.00 e. The first kappa shape index (κ1) is 11.6. The number of halogens is 1. The molecule has 0 aliphatic heterocycles. The van der Waals surface area contributed by atoms with E-state index in [4.69, 9.17) is 11.6 Å². The third-order valence-electron chi connectivity index (χ3n) is 0.325. The van der Waals surface area contributed by atoms with Gasteiger partial charge in [-0.1, -0.05) is 0 Å². The summed E-state index contributed by atoms with van der Waals surface area (Å²) in [6, 6.07) is 0. The summed E-state index contributed by atoms with van der Waals surface area (Å²) in [5, 5.41) is 8.59. The molecule has 0 fully saturated rings. The van der Waals surface area contributed by atoms with Gasteiger partial charge in [0.25, 0.3) is 0 Å². The minimum absolute atomic E-state index is 0. The van der Waals surface area contributed by atoms with E-state index in [9.17, 15) is 9.90 Å². The van der Waals surface area contributed by atoms with Gasteiger partial charge in [0.2, 0.25) is 0 Å². The van der Waals surface area contributed by atoms with Crippen LogP contribution in [0.4, 0.5) is 0 Å². The quantitative estimate of drug-likeness (QED) is 0.444. The Morgan fingerprint density at radius 2 is 2.00 bits per heavy atom. The first-order valence-electron chi connectivity index (χ1n) is 1.49. The maximum Gasteiger partial charge on any atom is 1.00 e. The molecule has 7 heavy (non-hydrogen) atoms. The SMILES string of the molecule is CC(Cl)C(=O)[O-].[Cs+]. The summed E-state index contributed by atoms with van der Waals surface area (Å²) in [5.41, 5.74) is 0. The number of hydrogen-bond donors (Lipinski definition) is 0. The van der Waals surface area contributed by atoms with Crippen LogP contribution in [-0.2, 0) is 4.79 Å². The molecule has 0 amide bonds. The molecule has 0 aromatic rings. The molecular weight excluding hydrogens is 236 g/mol. The number of hydrogen-bond acceptors (Lipinski definition) is 2. The fourth-order valence-corrected chi connectivity index (χ4v) is 0. The van der Waals surface area contributed by atoms with Gasteiger partial charge in [-0.25, -0.2) is 0 Å². The monoisotopic (exact) mass is 240 g/mol. The van der Waals surface area contributed by atoms with Gasteiger partial charge in [-0.3, -0.25) is 0 Å². The molecule has 0 saturated carbocycles. The van der Waals surface area contributed by atoms with Crippen LogP contribution < -0.4 is 74.0 Å². The zero-order valence-corrected chi connectivity index (χ0v) is 11.3. The minimum Gasteiger partial charge on any atom is -0.549 e. The molecule has 36 valence electrons. The summed E-state index contributed by atoms with van der Waals surface area (Å²) < 4.78 is 0. The predicted molar refractivity (Wildman–Crippen MR) is 20.3 cm³/mol. The maximum atomic E-state index is 9.46. The van der Waals surface area contributed by atoms with Gasteiger partial charge >= 0.3 is 68.9 Å². The molecule has 0 spiro atoms. The Morgan fingerprint density at radius 1 is 1.86 bits per heavy atom. The van der Waals surface area contributed by atoms with Crippen LogP contribution in [0.3, 0.4) is 0 Å². The van der Waals surface area contributed by atoms with Gasteiger partial charge in [-0.15, -0.1) is 11.6 Å². The van der Waals surface area contributed by atoms with E-state index in [1.807, 2.05) is 0 Å². The second-order valence-electron chi connectivity index (χ2n) is 0.935. The molecule has 0 heterocycles. The Morgan fingerprint density at radius 3 is 2.00 bits per heavy atom. The molecule has 0 saturated heterocycles. The van der Waals surface area contributed by atoms with Crippen molar-refractivity contribution < 1.29 is 78.8 Å². The van der Waals surface area contributed by atoms with Gasteiger partial charge in [-0.05, 0) is 6.92 Å². The average molecular weight is 240 g/mol.